The molecule has 4 fully saturated rings. The number of hydrogen-bond donors (Lipinski definition) is 1. The van der Waals surface area contributed by atoms with E-state index in [-0.39, 0.29) is 25.2 Å². The number of benzene rings is 1. The molecule has 0 amide bonds. The maximum absolute atomic E-state index is 14.5. The van der Waals surface area contributed by atoms with Crippen molar-refractivity contribution < 1.29 is 57.1 Å². The first kappa shape index (κ1) is 41.6. The smallest absolute Gasteiger partial charge is 0.455 e. The third-order valence-corrected chi connectivity index (χ3v) is 18.4. The molecule has 2 heterocycles. The number of fused-ring (bicyclic) bond motifs is 8. The van der Waals surface area contributed by atoms with Crippen LogP contribution in [0.15, 0.2) is 54.1 Å². The van der Waals surface area contributed by atoms with E-state index in [4.69, 9.17) is 37.6 Å². The Morgan fingerprint density at radius 3 is 2.22 bits per heavy atom. The second-order valence-electron chi connectivity index (χ2n) is 17.3. The minimum absolute atomic E-state index is 0.00477. The fraction of sp³-hybridized carbons (Fsp3) is 0.690. The number of ether oxygens (including phenoxy) is 7. The first-order chi connectivity index (χ1) is 25.8. The first-order valence-electron chi connectivity index (χ1n) is 19.8. The zero-order valence-electron chi connectivity index (χ0n) is 34.1. The Hall–Kier alpha value is -3.07. The number of esters is 2. The molecule has 0 radical (unpaired) electrons. The highest BCUT2D eigenvalue weighted by Gasteiger charge is 2.80. The maximum atomic E-state index is 14.5. The summed E-state index contributed by atoms with van der Waals surface area (Å²) in [6.45, 7) is 22.8. The number of carbonyl (C=O) groups excluding carboxylic acids is 3. The van der Waals surface area contributed by atoms with Crippen LogP contribution in [0.1, 0.15) is 92.4 Å². The second kappa shape index (κ2) is 14.7. The molecule has 304 valence electrons. The number of carbonyl (C=O) groups is 3. The van der Waals surface area contributed by atoms with Crippen molar-refractivity contribution in [2.45, 2.75) is 154 Å². The zero-order valence-corrected chi connectivity index (χ0v) is 35.1. The second-order valence-corrected chi connectivity index (χ2v) is 22.0. The van der Waals surface area contributed by atoms with E-state index in [0.29, 0.717) is 17.6 Å². The van der Waals surface area contributed by atoms with Crippen molar-refractivity contribution in [3.05, 3.63) is 59.7 Å². The minimum atomic E-state index is -2.38. The van der Waals surface area contributed by atoms with Crippen LogP contribution in [0.5, 0.6) is 0 Å². The number of aliphatic hydroxyl groups is 1. The van der Waals surface area contributed by atoms with Gasteiger partial charge in [0.1, 0.15) is 36.6 Å². The molecule has 1 aromatic rings. The summed E-state index contributed by atoms with van der Waals surface area (Å²) in [6, 6.07) is 11.2. The summed E-state index contributed by atoms with van der Waals surface area (Å²) < 4.78 is 52.3. The van der Waals surface area contributed by atoms with Crippen molar-refractivity contribution in [3.8, 4) is 0 Å². The molecular weight excluding hydrogens is 725 g/mol. The molecule has 2 bridgehead atoms. The van der Waals surface area contributed by atoms with Gasteiger partial charge in [-0.05, 0) is 62.2 Å². The summed E-state index contributed by atoms with van der Waals surface area (Å²) in [5.41, 5.74) is -4.04. The van der Waals surface area contributed by atoms with Gasteiger partial charge in [0.15, 0.2) is 19.7 Å². The largest absolute Gasteiger partial charge is 0.509 e. The summed E-state index contributed by atoms with van der Waals surface area (Å²) in [6.07, 6.45) is -4.47. The molecule has 55 heavy (non-hydrogen) atoms. The van der Waals surface area contributed by atoms with Crippen LogP contribution in [-0.2, 0) is 42.4 Å². The van der Waals surface area contributed by atoms with E-state index in [1.807, 2.05) is 34.6 Å². The lowest BCUT2D eigenvalue weighted by Crippen LogP contribution is -2.82. The third-order valence-electron chi connectivity index (χ3n) is 13.8. The van der Waals surface area contributed by atoms with Gasteiger partial charge in [-0.25, -0.2) is 9.59 Å². The molecule has 0 unspecified atom stereocenters. The predicted octanol–water partition coefficient (Wildman–Crippen LogP) is 7.05. The van der Waals surface area contributed by atoms with Gasteiger partial charge in [0.25, 0.3) is 0 Å². The standard InChI is InChI=1S/C42H60O12Si/c1-12-21-47-37(45)49-28-23-42(46)35(50-36(44)27-19-17-16-18-20-27)33-40(11,34-32(52-39(9,10)53-34)31(25(28)5)38(42,7)8)29(54-55(13-2,14-3)15-4)22-30-41(33,24-48-30)51-26(6)43/h12,16-20,28-30,32-35,46H,1,13-15,21-24H2,2-11H3/t28-,29-,30+,32+,33-,34+,35-,40+,41-,42+/m0/s1. The van der Waals surface area contributed by atoms with Crippen LogP contribution in [0.4, 0.5) is 4.79 Å². The Balaban J connectivity index is 1.68. The maximum Gasteiger partial charge on any atom is 0.509 e. The van der Waals surface area contributed by atoms with E-state index >= 15 is 0 Å². The van der Waals surface area contributed by atoms with Gasteiger partial charge in [0, 0.05) is 30.6 Å². The summed E-state index contributed by atoms with van der Waals surface area (Å²) in [4.78, 5) is 40.9. The molecule has 12 nitrogen and oxygen atoms in total. The van der Waals surface area contributed by atoms with Gasteiger partial charge in [-0.15, -0.1) is 0 Å². The van der Waals surface area contributed by atoms with Crippen LogP contribution in [0.2, 0.25) is 18.1 Å². The van der Waals surface area contributed by atoms with E-state index in [0.717, 1.165) is 18.1 Å². The van der Waals surface area contributed by atoms with Crippen molar-refractivity contribution in [2.75, 3.05) is 13.2 Å². The molecule has 10 atom stereocenters. The van der Waals surface area contributed by atoms with E-state index in [9.17, 15) is 19.5 Å². The van der Waals surface area contributed by atoms with Crippen molar-refractivity contribution in [2.24, 2.45) is 16.7 Å². The van der Waals surface area contributed by atoms with Crippen LogP contribution in [0.25, 0.3) is 0 Å². The molecule has 5 aliphatic rings. The molecule has 2 saturated heterocycles. The molecule has 6 rings (SSSR count). The van der Waals surface area contributed by atoms with Gasteiger partial charge >= 0.3 is 18.1 Å². The Bertz CT molecular complexity index is 1680. The highest BCUT2D eigenvalue weighted by Crippen LogP contribution is 2.68. The fourth-order valence-corrected chi connectivity index (χ4v) is 13.6. The molecule has 1 N–H and O–H groups in total. The Morgan fingerprint density at radius 1 is 1.00 bits per heavy atom. The van der Waals surface area contributed by atoms with Crippen molar-refractivity contribution in [3.63, 3.8) is 0 Å². The van der Waals surface area contributed by atoms with E-state index in [1.54, 1.807) is 30.3 Å². The van der Waals surface area contributed by atoms with Crippen LogP contribution in [0, 0.1) is 16.7 Å². The molecule has 2 aliphatic heterocycles. The van der Waals surface area contributed by atoms with Crippen LogP contribution >= 0.6 is 0 Å². The van der Waals surface area contributed by atoms with Crippen molar-refractivity contribution in [1.82, 2.24) is 0 Å². The highest BCUT2D eigenvalue weighted by atomic mass is 28.4. The van der Waals surface area contributed by atoms with Crippen LogP contribution in [-0.4, -0.2) is 98.3 Å². The van der Waals surface area contributed by atoms with Gasteiger partial charge in [0.2, 0.25) is 0 Å². The summed E-state index contributed by atoms with van der Waals surface area (Å²) in [5.74, 6) is -3.30. The van der Waals surface area contributed by atoms with E-state index in [1.165, 1.54) is 13.0 Å². The molecular formula is C42H60O12Si. The van der Waals surface area contributed by atoms with E-state index in [2.05, 4.69) is 34.3 Å². The monoisotopic (exact) mass is 784 g/mol. The minimum Gasteiger partial charge on any atom is -0.455 e. The fourth-order valence-electron chi connectivity index (χ4n) is 10.6. The Kier molecular flexibility index (Phi) is 11.1. The number of hydrogen-bond acceptors (Lipinski definition) is 12. The molecule has 1 aromatic carbocycles. The molecule has 0 spiro atoms. The molecule has 2 saturated carbocycles. The van der Waals surface area contributed by atoms with E-state index < -0.39 is 96.8 Å². The Labute approximate surface area is 326 Å². The van der Waals surface area contributed by atoms with Gasteiger partial charge in [-0.1, -0.05) is 72.4 Å². The van der Waals surface area contributed by atoms with Gasteiger partial charge in [-0.2, -0.15) is 0 Å². The molecule has 13 heteroatoms. The summed E-state index contributed by atoms with van der Waals surface area (Å²) in [7, 11) is -2.38. The average Bonchev–Trinajstić information content (AvgIpc) is 3.45. The highest BCUT2D eigenvalue weighted by molar-refractivity contribution is 6.73. The van der Waals surface area contributed by atoms with Gasteiger partial charge < -0.3 is 42.7 Å². The number of rotatable bonds is 11. The quantitative estimate of drug-likeness (QED) is 0.106. The first-order valence-corrected chi connectivity index (χ1v) is 22.3. The van der Waals surface area contributed by atoms with Gasteiger partial charge in [0.05, 0.1) is 30.3 Å². The molecule has 0 aromatic heterocycles. The zero-order chi connectivity index (χ0) is 40.4. The van der Waals surface area contributed by atoms with Gasteiger partial charge in [-0.3, -0.25) is 4.79 Å². The summed E-state index contributed by atoms with van der Waals surface area (Å²) >= 11 is 0. The average molecular weight is 785 g/mol. The van der Waals surface area contributed by atoms with Crippen LogP contribution < -0.4 is 0 Å². The Morgan fingerprint density at radius 2 is 1.65 bits per heavy atom. The topological polar surface area (TPSA) is 145 Å². The molecule has 3 aliphatic carbocycles. The normalized spacial score (nSPS) is 37.1. The summed E-state index contributed by atoms with van der Waals surface area (Å²) in [5, 5.41) is 13.8. The predicted molar refractivity (Wildman–Crippen MR) is 204 cm³/mol. The van der Waals surface area contributed by atoms with Crippen molar-refractivity contribution in [1.29, 1.82) is 0 Å². The lowest BCUT2D eigenvalue weighted by Gasteiger charge is -2.69. The lowest BCUT2D eigenvalue weighted by atomic mass is 9.44. The third kappa shape index (κ3) is 6.60. The van der Waals surface area contributed by atoms with Crippen molar-refractivity contribution >= 4 is 26.4 Å². The van der Waals surface area contributed by atoms with Crippen LogP contribution in [0.3, 0.4) is 0 Å². The SMILES string of the molecule is C=CCOC(=O)O[C@H]1C[C@@]2(O)[C@@H](OC(=O)c3ccccc3)[C@@H]3[C@]4(OC(C)=O)CO[C@@H]4C[C@H](O[Si](CC)(CC)CC)[C@@]3(C)[C@@H]3OC(C)(C)O[C@@H]3C(=C1C)C2(C)C. The lowest BCUT2D eigenvalue weighted by molar-refractivity contribution is -0.361.